The van der Waals surface area contributed by atoms with Crippen molar-refractivity contribution in [1.82, 2.24) is 10.1 Å². The van der Waals surface area contributed by atoms with E-state index in [9.17, 15) is 9.59 Å². The van der Waals surface area contributed by atoms with Crippen LogP contribution in [0.3, 0.4) is 0 Å². The first-order chi connectivity index (χ1) is 13.1. The van der Waals surface area contributed by atoms with E-state index < -0.39 is 11.9 Å². The Kier molecular flexibility index (Phi) is 3.24. The summed E-state index contributed by atoms with van der Waals surface area (Å²) in [5, 5.41) is 4.41. The summed E-state index contributed by atoms with van der Waals surface area (Å²) in [6.45, 7) is 1.74. The molecule has 0 bridgehead atoms. The molecule has 1 atom stereocenters. The first-order valence-corrected chi connectivity index (χ1v) is 8.37. The van der Waals surface area contributed by atoms with Gasteiger partial charge in [-0.2, -0.15) is 0 Å². The van der Waals surface area contributed by atoms with E-state index in [1.54, 1.807) is 61.8 Å². The lowest BCUT2D eigenvalue weighted by Gasteiger charge is -2.22. The Bertz CT molecular complexity index is 1240. The lowest BCUT2D eigenvalue weighted by atomic mass is 9.99. The lowest BCUT2D eigenvalue weighted by Crippen LogP contribution is -2.29. The summed E-state index contributed by atoms with van der Waals surface area (Å²) in [6.07, 6.45) is 3.24. The summed E-state index contributed by atoms with van der Waals surface area (Å²) in [6, 6.07) is 11.4. The molecule has 5 rings (SSSR count). The average Bonchev–Trinajstić information content (AvgIpc) is 3.24. The molecule has 7 nitrogen and oxygen atoms in total. The van der Waals surface area contributed by atoms with Gasteiger partial charge in [-0.25, -0.2) is 0 Å². The highest BCUT2D eigenvalue weighted by atomic mass is 16.5. The highest BCUT2D eigenvalue weighted by Gasteiger charge is 2.44. The molecule has 1 aliphatic rings. The molecule has 0 fully saturated rings. The molecule has 0 aliphatic carbocycles. The largest absolute Gasteiger partial charge is 0.450 e. The van der Waals surface area contributed by atoms with Crippen molar-refractivity contribution >= 4 is 22.7 Å². The molecule has 1 aromatic carbocycles. The minimum Gasteiger partial charge on any atom is -0.450 e. The molecule has 3 aromatic heterocycles. The summed E-state index contributed by atoms with van der Waals surface area (Å²) in [7, 11) is 0. The van der Waals surface area contributed by atoms with Gasteiger partial charge < -0.3 is 8.94 Å². The van der Waals surface area contributed by atoms with E-state index in [4.69, 9.17) is 8.94 Å². The predicted octanol–water partition coefficient (Wildman–Crippen LogP) is 3.23. The molecule has 0 radical (unpaired) electrons. The van der Waals surface area contributed by atoms with Crippen LogP contribution in [0.5, 0.6) is 0 Å². The molecule has 4 aromatic rings. The Balaban J connectivity index is 1.84. The Labute approximate surface area is 152 Å². The van der Waals surface area contributed by atoms with Crippen molar-refractivity contribution in [2.75, 3.05) is 4.90 Å². The van der Waals surface area contributed by atoms with E-state index in [1.165, 1.54) is 4.90 Å². The number of fused-ring (bicyclic) bond motifs is 2. The van der Waals surface area contributed by atoms with Crippen molar-refractivity contribution in [3.05, 3.63) is 87.7 Å². The first kappa shape index (κ1) is 15.5. The number of pyridine rings is 1. The molecule has 0 saturated carbocycles. The standard InChI is InChI=1S/C20H13N3O4/c1-11-10-15(22-27-11)23-17(12-6-8-21-9-7-12)16-18(24)13-4-2-3-5-14(13)26-19(16)20(23)25/h2-10,17H,1H3/t17-/m0/s1. The maximum Gasteiger partial charge on any atom is 0.296 e. The zero-order valence-electron chi connectivity index (χ0n) is 14.2. The second kappa shape index (κ2) is 5.63. The number of amides is 1. The zero-order valence-corrected chi connectivity index (χ0v) is 14.2. The summed E-state index contributed by atoms with van der Waals surface area (Å²) in [5.74, 6) is 0.491. The van der Waals surface area contributed by atoms with Crippen LogP contribution >= 0.6 is 0 Å². The van der Waals surface area contributed by atoms with Crippen LogP contribution in [0, 0.1) is 6.92 Å². The van der Waals surface area contributed by atoms with Gasteiger partial charge in [0.15, 0.2) is 11.2 Å². The average molecular weight is 359 g/mol. The molecule has 27 heavy (non-hydrogen) atoms. The van der Waals surface area contributed by atoms with Crippen molar-refractivity contribution in [3.8, 4) is 0 Å². The highest BCUT2D eigenvalue weighted by molar-refractivity contribution is 6.10. The number of nitrogens with zero attached hydrogens (tertiary/aromatic N) is 3. The number of anilines is 1. The monoisotopic (exact) mass is 359 g/mol. The first-order valence-electron chi connectivity index (χ1n) is 8.37. The fourth-order valence-corrected chi connectivity index (χ4v) is 3.48. The van der Waals surface area contributed by atoms with Gasteiger partial charge in [0.25, 0.3) is 5.91 Å². The number of rotatable bonds is 2. The number of hydrogen-bond acceptors (Lipinski definition) is 6. The van der Waals surface area contributed by atoms with Gasteiger partial charge >= 0.3 is 0 Å². The third-order valence-corrected chi connectivity index (χ3v) is 4.66. The Morgan fingerprint density at radius 2 is 1.85 bits per heavy atom. The highest BCUT2D eigenvalue weighted by Crippen LogP contribution is 2.40. The van der Waals surface area contributed by atoms with Crippen molar-refractivity contribution in [2.45, 2.75) is 13.0 Å². The van der Waals surface area contributed by atoms with E-state index in [2.05, 4.69) is 10.1 Å². The molecule has 0 saturated heterocycles. The van der Waals surface area contributed by atoms with Crippen molar-refractivity contribution in [2.24, 2.45) is 0 Å². The molecule has 4 heterocycles. The Morgan fingerprint density at radius 3 is 2.59 bits per heavy atom. The van der Waals surface area contributed by atoms with E-state index in [1.807, 2.05) is 0 Å². The third-order valence-electron chi connectivity index (χ3n) is 4.66. The van der Waals surface area contributed by atoms with Crippen LogP contribution in [0.4, 0.5) is 5.82 Å². The van der Waals surface area contributed by atoms with Crippen LogP contribution in [-0.4, -0.2) is 16.0 Å². The van der Waals surface area contributed by atoms with Gasteiger partial charge in [0.2, 0.25) is 5.76 Å². The van der Waals surface area contributed by atoms with E-state index in [0.717, 1.165) is 5.56 Å². The van der Waals surface area contributed by atoms with Crippen LogP contribution in [-0.2, 0) is 0 Å². The summed E-state index contributed by atoms with van der Waals surface area (Å²) in [5.41, 5.74) is 1.18. The van der Waals surface area contributed by atoms with E-state index in [-0.39, 0.29) is 11.2 Å². The van der Waals surface area contributed by atoms with Gasteiger partial charge in [0, 0.05) is 18.5 Å². The van der Waals surface area contributed by atoms with Gasteiger partial charge in [0.05, 0.1) is 17.0 Å². The Morgan fingerprint density at radius 1 is 1.07 bits per heavy atom. The van der Waals surface area contributed by atoms with Gasteiger partial charge in [-0.05, 0) is 36.8 Å². The smallest absolute Gasteiger partial charge is 0.296 e. The van der Waals surface area contributed by atoms with Gasteiger partial charge in [0.1, 0.15) is 11.3 Å². The SMILES string of the molecule is Cc1cc(N2C(=O)c3oc4ccccc4c(=O)c3[C@@H]2c2ccncc2)no1. The number of hydrogen-bond donors (Lipinski definition) is 0. The maximum absolute atomic E-state index is 13.2. The zero-order chi connectivity index (χ0) is 18.5. The molecule has 0 unspecified atom stereocenters. The normalized spacial score (nSPS) is 16.1. The van der Waals surface area contributed by atoms with Crippen LogP contribution in [0.2, 0.25) is 0 Å². The molecule has 132 valence electrons. The Hall–Kier alpha value is -3.74. The van der Waals surface area contributed by atoms with Crippen molar-refractivity contribution in [3.63, 3.8) is 0 Å². The molecule has 1 amide bonds. The van der Waals surface area contributed by atoms with Gasteiger partial charge in [-0.3, -0.25) is 19.5 Å². The predicted molar refractivity (Wildman–Crippen MR) is 96.6 cm³/mol. The van der Waals surface area contributed by atoms with Crippen LogP contribution < -0.4 is 10.3 Å². The minimum absolute atomic E-state index is 0.0289. The number of carbonyl (C=O) groups is 1. The number of para-hydroxylation sites is 1. The van der Waals surface area contributed by atoms with Gasteiger partial charge in [-0.1, -0.05) is 17.3 Å². The van der Waals surface area contributed by atoms with Crippen molar-refractivity contribution in [1.29, 1.82) is 0 Å². The quantitative estimate of drug-likeness (QED) is 0.546. The van der Waals surface area contributed by atoms with Crippen LogP contribution in [0.1, 0.15) is 33.5 Å². The van der Waals surface area contributed by atoms with Crippen molar-refractivity contribution < 1.29 is 13.7 Å². The molecular weight excluding hydrogens is 346 g/mol. The van der Waals surface area contributed by atoms with E-state index in [0.29, 0.717) is 28.1 Å². The number of aryl methyl sites for hydroxylation is 1. The van der Waals surface area contributed by atoms with Gasteiger partial charge in [-0.15, -0.1) is 0 Å². The number of aromatic nitrogens is 2. The second-order valence-corrected chi connectivity index (χ2v) is 6.32. The van der Waals surface area contributed by atoms with Crippen LogP contribution in [0.15, 0.2) is 68.6 Å². The summed E-state index contributed by atoms with van der Waals surface area (Å²) >= 11 is 0. The number of carbonyl (C=O) groups excluding carboxylic acids is 1. The molecule has 1 aliphatic heterocycles. The lowest BCUT2D eigenvalue weighted by molar-refractivity contribution is 0.0969. The summed E-state index contributed by atoms with van der Waals surface area (Å²) in [4.78, 5) is 31.9. The molecular formula is C20H13N3O4. The second-order valence-electron chi connectivity index (χ2n) is 6.32. The topological polar surface area (TPSA) is 89.4 Å². The van der Waals surface area contributed by atoms with E-state index >= 15 is 0 Å². The third kappa shape index (κ3) is 2.21. The minimum atomic E-state index is -0.666. The molecule has 0 N–H and O–H groups in total. The molecule has 0 spiro atoms. The maximum atomic E-state index is 13.2. The fourth-order valence-electron chi connectivity index (χ4n) is 3.48. The fraction of sp³-hybridized carbons (Fsp3) is 0.100. The number of benzene rings is 1. The summed E-state index contributed by atoms with van der Waals surface area (Å²) < 4.78 is 11.0. The van der Waals surface area contributed by atoms with Crippen LogP contribution in [0.25, 0.3) is 11.0 Å². The molecule has 7 heteroatoms.